The highest BCUT2D eigenvalue weighted by molar-refractivity contribution is 5.85. The molecular weight excluding hydrogens is 431 g/mol. The van der Waals surface area contributed by atoms with Gasteiger partial charge in [-0.05, 0) is 48.7 Å². The first-order chi connectivity index (χ1) is 16.1. The Hall–Kier alpha value is -3.48. The summed E-state index contributed by atoms with van der Waals surface area (Å²) in [6, 6.07) is 14.6. The fourth-order valence-corrected chi connectivity index (χ4v) is 3.82. The Labute approximate surface area is 201 Å². The number of benzene rings is 2. The Bertz CT molecular complexity index is 1160. The topological polar surface area (TPSA) is 56.8 Å². The molecule has 0 fully saturated rings. The Balaban J connectivity index is 1.88. The molecule has 0 aliphatic heterocycles. The molecule has 0 unspecified atom stereocenters. The average molecular weight is 465 g/mol. The molecule has 0 bridgehead atoms. The molecule has 0 spiro atoms. The number of aryl methyl sites for hydroxylation is 1. The van der Waals surface area contributed by atoms with Gasteiger partial charge in [0.25, 0.3) is 0 Å². The number of hydrogen-bond acceptors (Lipinski definition) is 4. The Morgan fingerprint density at radius 2 is 1.59 bits per heavy atom. The van der Waals surface area contributed by atoms with Gasteiger partial charge in [-0.1, -0.05) is 24.3 Å². The second-order valence-corrected chi connectivity index (χ2v) is 9.04. The maximum absolute atomic E-state index is 13.3. The quantitative estimate of drug-likeness (QED) is 0.477. The van der Waals surface area contributed by atoms with E-state index in [9.17, 15) is 14.0 Å². The van der Waals surface area contributed by atoms with Crippen LogP contribution in [0.25, 0.3) is 10.9 Å². The number of carbonyl (C=O) groups excluding carboxylic acids is 2. The van der Waals surface area contributed by atoms with E-state index in [1.54, 1.807) is 31.1 Å². The van der Waals surface area contributed by atoms with Gasteiger partial charge >= 0.3 is 0 Å². The summed E-state index contributed by atoms with van der Waals surface area (Å²) in [5.41, 5.74) is 3.93. The molecule has 0 saturated heterocycles. The molecule has 0 aliphatic carbocycles. The molecular formula is C27H33FN4O2. The fourth-order valence-electron chi connectivity index (χ4n) is 3.82. The third-order valence-corrected chi connectivity index (χ3v) is 5.80. The SMILES string of the molecule is Cc1ccc2cc(CN(CCc3ccc(F)cc3)C(=O)CCC(=O)N(C)C)c(N(C)C)nc2c1. The highest BCUT2D eigenvalue weighted by Gasteiger charge is 2.19. The zero-order valence-corrected chi connectivity index (χ0v) is 20.6. The summed E-state index contributed by atoms with van der Waals surface area (Å²) in [7, 11) is 7.25. The first-order valence-electron chi connectivity index (χ1n) is 11.4. The number of amides is 2. The predicted octanol–water partition coefficient (Wildman–Crippen LogP) is 4.19. The minimum Gasteiger partial charge on any atom is -0.362 e. The molecule has 3 aromatic rings. The third kappa shape index (κ3) is 6.53. The first kappa shape index (κ1) is 25.1. The van der Waals surface area contributed by atoms with Gasteiger partial charge in [-0.3, -0.25) is 9.59 Å². The van der Waals surface area contributed by atoms with E-state index >= 15 is 0 Å². The molecule has 0 atom stereocenters. The molecule has 0 aliphatic rings. The number of nitrogens with zero attached hydrogens (tertiary/aromatic N) is 4. The van der Waals surface area contributed by atoms with Gasteiger partial charge in [0, 0.05) is 65.1 Å². The van der Waals surface area contributed by atoms with Crippen molar-refractivity contribution in [2.45, 2.75) is 32.7 Å². The zero-order valence-electron chi connectivity index (χ0n) is 20.6. The lowest BCUT2D eigenvalue weighted by Gasteiger charge is -2.26. The highest BCUT2D eigenvalue weighted by Crippen LogP contribution is 2.25. The van der Waals surface area contributed by atoms with Crippen LogP contribution >= 0.6 is 0 Å². The van der Waals surface area contributed by atoms with Crippen LogP contribution in [0, 0.1) is 12.7 Å². The summed E-state index contributed by atoms with van der Waals surface area (Å²) in [6.45, 7) is 2.87. The fraction of sp³-hybridized carbons (Fsp3) is 0.370. The molecule has 34 heavy (non-hydrogen) atoms. The number of fused-ring (bicyclic) bond motifs is 1. The lowest BCUT2D eigenvalue weighted by atomic mass is 10.1. The monoisotopic (exact) mass is 464 g/mol. The largest absolute Gasteiger partial charge is 0.362 e. The Morgan fingerprint density at radius 1 is 0.912 bits per heavy atom. The lowest BCUT2D eigenvalue weighted by Crippen LogP contribution is -2.34. The predicted molar refractivity (Wildman–Crippen MR) is 134 cm³/mol. The first-order valence-corrected chi connectivity index (χ1v) is 11.4. The van der Waals surface area contributed by atoms with Gasteiger partial charge < -0.3 is 14.7 Å². The molecule has 7 heteroatoms. The highest BCUT2D eigenvalue weighted by atomic mass is 19.1. The van der Waals surface area contributed by atoms with Crippen molar-refractivity contribution in [3.63, 3.8) is 0 Å². The molecule has 6 nitrogen and oxygen atoms in total. The van der Waals surface area contributed by atoms with Crippen LogP contribution in [0.3, 0.4) is 0 Å². The maximum atomic E-state index is 13.3. The number of anilines is 1. The van der Waals surface area contributed by atoms with Crippen molar-refractivity contribution in [1.29, 1.82) is 0 Å². The smallest absolute Gasteiger partial charge is 0.223 e. The van der Waals surface area contributed by atoms with E-state index in [0.29, 0.717) is 19.5 Å². The zero-order chi connectivity index (χ0) is 24.8. The minimum atomic E-state index is -0.285. The van der Waals surface area contributed by atoms with Crippen molar-refractivity contribution in [2.75, 3.05) is 39.6 Å². The molecule has 0 N–H and O–H groups in total. The summed E-state index contributed by atoms with van der Waals surface area (Å²) in [4.78, 5) is 35.3. The van der Waals surface area contributed by atoms with Crippen molar-refractivity contribution in [3.05, 3.63) is 71.0 Å². The van der Waals surface area contributed by atoms with Crippen LogP contribution in [0.15, 0.2) is 48.5 Å². The number of halogens is 1. The van der Waals surface area contributed by atoms with E-state index in [-0.39, 0.29) is 30.5 Å². The van der Waals surface area contributed by atoms with Gasteiger partial charge in [0.05, 0.1) is 5.52 Å². The van der Waals surface area contributed by atoms with Crippen LogP contribution in [0.4, 0.5) is 10.2 Å². The van der Waals surface area contributed by atoms with Gasteiger partial charge in [0.15, 0.2) is 0 Å². The van der Waals surface area contributed by atoms with Crippen LogP contribution in [0.2, 0.25) is 0 Å². The van der Waals surface area contributed by atoms with E-state index in [1.807, 2.05) is 38.1 Å². The number of rotatable bonds is 9. The number of hydrogen-bond donors (Lipinski definition) is 0. The van der Waals surface area contributed by atoms with Gasteiger partial charge in [0.2, 0.25) is 11.8 Å². The average Bonchev–Trinajstić information content (AvgIpc) is 2.80. The van der Waals surface area contributed by atoms with Crippen molar-refractivity contribution >= 4 is 28.5 Å². The van der Waals surface area contributed by atoms with Crippen molar-refractivity contribution < 1.29 is 14.0 Å². The van der Waals surface area contributed by atoms with E-state index in [0.717, 1.165) is 33.4 Å². The summed E-state index contributed by atoms with van der Waals surface area (Å²) in [6.07, 6.45) is 0.887. The molecule has 180 valence electrons. The maximum Gasteiger partial charge on any atom is 0.223 e. The summed E-state index contributed by atoms with van der Waals surface area (Å²) < 4.78 is 13.3. The number of aromatic nitrogens is 1. The van der Waals surface area contributed by atoms with Gasteiger partial charge in [0.1, 0.15) is 11.6 Å². The second kappa shape index (κ2) is 11.1. The Morgan fingerprint density at radius 3 is 2.24 bits per heavy atom. The summed E-state index contributed by atoms with van der Waals surface area (Å²) in [5, 5.41) is 1.01. The van der Waals surface area contributed by atoms with Crippen LogP contribution < -0.4 is 4.90 Å². The van der Waals surface area contributed by atoms with Gasteiger partial charge in [-0.2, -0.15) is 0 Å². The molecule has 0 saturated carbocycles. The molecule has 2 aromatic carbocycles. The number of pyridine rings is 1. The molecule has 0 radical (unpaired) electrons. The second-order valence-electron chi connectivity index (χ2n) is 9.04. The van der Waals surface area contributed by atoms with Crippen LogP contribution in [-0.2, 0) is 22.6 Å². The summed E-state index contributed by atoms with van der Waals surface area (Å²) in [5.74, 6) is 0.351. The summed E-state index contributed by atoms with van der Waals surface area (Å²) >= 11 is 0. The van der Waals surface area contributed by atoms with Crippen LogP contribution in [0.5, 0.6) is 0 Å². The standard InChI is InChI=1S/C27H33FN4O2/c1-19-6-9-21-17-22(27(31(4)5)29-24(21)16-19)18-32(26(34)13-12-25(33)30(2)3)15-14-20-7-10-23(28)11-8-20/h6-11,16-17H,12-15,18H2,1-5H3. The van der Waals surface area contributed by atoms with Gasteiger partial charge in [-0.15, -0.1) is 0 Å². The van der Waals surface area contributed by atoms with Crippen LogP contribution in [0.1, 0.15) is 29.5 Å². The van der Waals surface area contributed by atoms with Crippen molar-refractivity contribution in [1.82, 2.24) is 14.8 Å². The molecule has 3 rings (SSSR count). The van der Waals surface area contributed by atoms with E-state index in [4.69, 9.17) is 4.98 Å². The Kier molecular flexibility index (Phi) is 8.21. The van der Waals surface area contributed by atoms with E-state index < -0.39 is 0 Å². The van der Waals surface area contributed by atoms with Gasteiger partial charge in [-0.25, -0.2) is 9.37 Å². The molecule has 2 amide bonds. The minimum absolute atomic E-state index is 0.0800. The molecule has 1 heterocycles. The normalized spacial score (nSPS) is 10.9. The lowest BCUT2D eigenvalue weighted by molar-refractivity contribution is -0.136. The molecule has 1 aromatic heterocycles. The van der Waals surface area contributed by atoms with Crippen molar-refractivity contribution in [3.8, 4) is 0 Å². The van der Waals surface area contributed by atoms with E-state index in [2.05, 4.69) is 12.1 Å². The van der Waals surface area contributed by atoms with E-state index in [1.165, 1.54) is 17.0 Å². The number of carbonyl (C=O) groups is 2. The van der Waals surface area contributed by atoms with Crippen LogP contribution in [-0.4, -0.2) is 61.3 Å². The third-order valence-electron chi connectivity index (χ3n) is 5.80. The van der Waals surface area contributed by atoms with Crippen molar-refractivity contribution in [2.24, 2.45) is 0 Å².